The number of rotatable bonds is 9. The summed E-state index contributed by atoms with van der Waals surface area (Å²) < 4.78 is 0. The summed E-state index contributed by atoms with van der Waals surface area (Å²) in [6.07, 6.45) is 5.27. The fourth-order valence-corrected chi connectivity index (χ4v) is 1.86. The van der Waals surface area contributed by atoms with Gasteiger partial charge in [0.25, 0.3) is 0 Å². The van der Waals surface area contributed by atoms with Gasteiger partial charge in [-0.1, -0.05) is 0 Å². The molecule has 0 aromatic heterocycles. The summed E-state index contributed by atoms with van der Waals surface area (Å²) in [6.45, 7) is 4.47. The van der Waals surface area contributed by atoms with E-state index >= 15 is 0 Å². The van der Waals surface area contributed by atoms with Crippen LogP contribution in [-0.2, 0) is 4.79 Å². The minimum absolute atomic E-state index is 0.229. The lowest BCUT2D eigenvalue weighted by Crippen LogP contribution is -2.39. The van der Waals surface area contributed by atoms with Crippen molar-refractivity contribution in [2.75, 3.05) is 26.2 Å². The lowest BCUT2D eigenvalue weighted by molar-refractivity contribution is -0.130. The molecule has 1 aliphatic rings. The zero-order valence-electron chi connectivity index (χ0n) is 10.2. The number of aliphatic hydroxyl groups is 1. The number of carbonyl (C=O) groups is 1. The molecule has 2 N–H and O–H groups in total. The van der Waals surface area contributed by atoms with Crippen molar-refractivity contribution in [3.05, 3.63) is 0 Å². The maximum atomic E-state index is 11.8. The van der Waals surface area contributed by atoms with Gasteiger partial charge in [-0.3, -0.25) is 4.79 Å². The predicted molar refractivity (Wildman–Crippen MR) is 64.2 cm³/mol. The second kappa shape index (κ2) is 7.63. The number of likely N-dealkylation sites (N-methyl/N-ethyl adjacent to an activating group) is 1. The van der Waals surface area contributed by atoms with Gasteiger partial charge in [-0.15, -0.1) is 0 Å². The Labute approximate surface area is 98.0 Å². The summed E-state index contributed by atoms with van der Waals surface area (Å²) in [5, 5.41) is 11.8. The van der Waals surface area contributed by atoms with Gasteiger partial charge in [0.05, 0.1) is 6.54 Å². The number of aliphatic hydroxyl groups excluding tert-OH is 1. The number of hydrogen-bond acceptors (Lipinski definition) is 3. The van der Waals surface area contributed by atoms with Gasteiger partial charge in [0.1, 0.15) is 0 Å². The van der Waals surface area contributed by atoms with Crippen molar-refractivity contribution >= 4 is 5.91 Å². The van der Waals surface area contributed by atoms with Crippen molar-refractivity contribution in [3.63, 3.8) is 0 Å². The first kappa shape index (κ1) is 13.5. The summed E-state index contributed by atoms with van der Waals surface area (Å²) in [4.78, 5) is 13.7. The number of amides is 1. The van der Waals surface area contributed by atoms with Gasteiger partial charge in [-0.05, 0) is 45.6 Å². The van der Waals surface area contributed by atoms with Gasteiger partial charge in [-0.2, -0.15) is 0 Å². The zero-order chi connectivity index (χ0) is 11.8. The van der Waals surface area contributed by atoms with Gasteiger partial charge >= 0.3 is 0 Å². The second-order valence-electron chi connectivity index (χ2n) is 4.37. The molecule has 1 aliphatic carbocycles. The van der Waals surface area contributed by atoms with Crippen LogP contribution >= 0.6 is 0 Å². The summed E-state index contributed by atoms with van der Waals surface area (Å²) in [5.41, 5.74) is 0. The molecular formula is C12H24N2O2. The molecule has 0 spiro atoms. The van der Waals surface area contributed by atoms with E-state index in [-0.39, 0.29) is 12.5 Å². The maximum Gasteiger partial charge on any atom is 0.236 e. The number of nitrogens with zero attached hydrogens (tertiary/aromatic N) is 1. The molecule has 0 unspecified atom stereocenters. The third-order valence-electron chi connectivity index (χ3n) is 2.94. The van der Waals surface area contributed by atoms with Crippen molar-refractivity contribution in [1.82, 2.24) is 10.2 Å². The first-order valence-corrected chi connectivity index (χ1v) is 6.40. The van der Waals surface area contributed by atoms with Gasteiger partial charge in [0.15, 0.2) is 0 Å². The highest BCUT2D eigenvalue weighted by Gasteiger charge is 2.30. The predicted octanol–water partition coefficient (Wildman–Crippen LogP) is 0.749. The van der Waals surface area contributed by atoms with E-state index in [9.17, 15) is 4.79 Å². The molecule has 94 valence electrons. The lowest BCUT2D eigenvalue weighted by Gasteiger charge is -2.20. The van der Waals surface area contributed by atoms with Crippen LogP contribution in [0.5, 0.6) is 0 Å². The van der Waals surface area contributed by atoms with Crippen LogP contribution in [0.4, 0.5) is 0 Å². The maximum absolute atomic E-state index is 11.8. The molecule has 1 rings (SSSR count). The van der Waals surface area contributed by atoms with Crippen LogP contribution in [0, 0.1) is 0 Å². The molecule has 16 heavy (non-hydrogen) atoms. The van der Waals surface area contributed by atoms with Crippen molar-refractivity contribution in [2.45, 2.75) is 45.1 Å². The molecule has 4 heteroatoms. The number of hydrogen-bond donors (Lipinski definition) is 2. The Morgan fingerprint density at radius 3 is 2.69 bits per heavy atom. The van der Waals surface area contributed by atoms with Crippen LogP contribution in [0.15, 0.2) is 0 Å². The largest absolute Gasteiger partial charge is 0.396 e. The highest BCUT2D eigenvalue weighted by Crippen LogP contribution is 2.26. The zero-order valence-corrected chi connectivity index (χ0v) is 10.2. The Morgan fingerprint density at radius 1 is 1.38 bits per heavy atom. The number of nitrogens with one attached hydrogen (secondary N) is 1. The van der Waals surface area contributed by atoms with Crippen LogP contribution in [0.25, 0.3) is 0 Å². The molecule has 1 fully saturated rings. The van der Waals surface area contributed by atoms with E-state index in [1.54, 1.807) is 0 Å². The smallest absolute Gasteiger partial charge is 0.236 e. The molecule has 0 aromatic carbocycles. The summed E-state index contributed by atoms with van der Waals surface area (Å²) in [5.74, 6) is 0.229. The Bertz CT molecular complexity index is 205. The highest BCUT2D eigenvalue weighted by atomic mass is 16.2. The minimum Gasteiger partial charge on any atom is -0.396 e. The van der Waals surface area contributed by atoms with Crippen molar-refractivity contribution < 1.29 is 9.90 Å². The van der Waals surface area contributed by atoms with E-state index in [0.717, 1.165) is 32.4 Å². The van der Waals surface area contributed by atoms with Gasteiger partial charge in [-0.25, -0.2) is 0 Å². The fraction of sp³-hybridized carbons (Fsp3) is 0.917. The molecule has 0 aromatic rings. The van der Waals surface area contributed by atoms with Crippen LogP contribution in [0.1, 0.15) is 39.0 Å². The summed E-state index contributed by atoms with van der Waals surface area (Å²) in [6, 6.07) is 0.522. The molecule has 0 heterocycles. The van der Waals surface area contributed by atoms with Gasteiger partial charge in [0.2, 0.25) is 5.91 Å². The van der Waals surface area contributed by atoms with Crippen LogP contribution in [-0.4, -0.2) is 48.2 Å². The third kappa shape index (κ3) is 4.94. The number of unbranched alkanes of at least 4 members (excludes halogenated alkanes) is 2. The molecule has 4 nitrogen and oxygen atoms in total. The Kier molecular flexibility index (Phi) is 6.42. The first-order valence-electron chi connectivity index (χ1n) is 6.40. The van der Waals surface area contributed by atoms with Crippen molar-refractivity contribution in [2.24, 2.45) is 0 Å². The number of carbonyl (C=O) groups excluding carboxylic acids is 1. The van der Waals surface area contributed by atoms with Crippen LogP contribution in [0.3, 0.4) is 0 Å². The van der Waals surface area contributed by atoms with Crippen LogP contribution < -0.4 is 5.32 Å². The van der Waals surface area contributed by atoms with Crippen LogP contribution in [0.2, 0.25) is 0 Å². The quantitative estimate of drug-likeness (QED) is 0.573. The lowest BCUT2D eigenvalue weighted by atomic mass is 10.2. The molecule has 1 saturated carbocycles. The molecule has 1 amide bonds. The normalized spacial score (nSPS) is 15.1. The molecule has 0 aliphatic heterocycles. The average molecular weight is 228 g/mol. The summed E-state index contributed by atoms with van der Waals surface area (Å²) >= 11 is 0. The Morgan fingerprint density at radius 2 is 2.12 bits per heavy atom. The van der Waals surface area contributed by atoms with E-state index in [4.69, 9.17) is 5.11 Å². The summed E-state index contributed by atoms with van der Waals surface area (Å²) in [7, 11) is 0. The third-order valence-corrected chi connectivity index (χ3v) is 2.94. The molecule has 0 radical (unpaired) electrons. The minimum atomic E-state index is 0.229. The SMILES string of the molecule is CCN(C(=O)CNCCCCCO)C1CC1. The highest BCUT2D eigenvalue weighted by molar-refractivity contribution is 5.78. The van der Waals surface area contributed by atoms with E-state index in [1.807, 2.05) is 11.8 Å². The Hall–Kier alpha value is -0.610. The average Bonchev–Trinajstić information content (AvgIpc) is 3.08. The molecule has 0 saturated heterocycles. The van der Waals surface area contributed by atoms with Gasteiger partial charge < -0.3 is 15.3 Å². The fourth-order valence-electron chi connectivity index (χ4n) is 1.86. The standard InChI is InChI=1S/C12H24N2O2/c1-2-14(11-6-7-11)12(16)10-13-8-4-3-5-9-15/h11,13,15H,2-10H2,1H3. The monoisotopic (exact) mass is 228 g/mol. The van der Waals surface area contributed by atoms with Gasteiger partial charge in [0, 0.05) is 19.2 Å². The van der Waals surface area contributed by atoms with E-state index in [2.05, 4.69) is 5.32 Å². The first-order chi connectivity index (χ1) is 7.79. The molecule has 0 bridgehead atoms. The molecule has 0 atom stereocenters. The Balaban J connectivity index is 2.00. The second-order valence-corrected chi connectivity index (χ2v) is 4.37. The molecular weight excluding hydrogens is 204 g/mol. The van der Waals surface area contributed by atoms with E-state index in [1.165, 1.54) is 12.8 Å². The van der Waals surface area contributed by atoms with E-state index in [0.29, 0.717) is 12.6 Å². The topological polar surface area (TPSA) is 52.6 Å². The van der Waals surface area contributed by atoms with E-state index < -0.39 is 0 Å². The van der Waals surface area contributed by atoms with Crippen molar-refractivity contribution in [1.29, 1.82) is 0 Å². The van der Waals surface area contributed by atoms with Crippen molar-refractivity contribution in [3.8, 4) is 0 Å².